The highest BCUT2D eigenvalue weighted by Gasteiger charge is 2.48. The van der Waals surface area contributed by atoms with E-state index in [9.17, 15) is 0 Å². The lowest BCUT2D eigenvalue weighted by atomic mass is 9.84. The molecule has 1 unspecified atom stereocenters. The molecule has 0 aliphatic carbocycles. The molecule has 1 atom stereocenters. The minimum atomic E-state index is -0.114. The van der Waals surface area contributed by atoms with Gasteiger partial charge in [-0.25, -0.2) is 9.97 Å². The second kappa shape index (κ2) is 7.40. The van der Waals surface area contributed by atoms with Gasteiger partial charge in [-0.2, -0.15) is 0 Å². The van der Waals surface area contributed by atoms with Gasteiger partial charge in [-0.15, -0.1) is 0 Å². The Kier molecular flexibility index (Phi) is 4.97. The standard InChI is InChI=1S/C20H27N5O2/c1-15-6-16(10-21-9-15)11-26-17-4-5-27-20(8-17)12-25(13-20)19-7-18(24(2)3)22-14-23-19/h6-7,9-10,14,17H,4-5,8,11-13H2,1-3H3. The molecule has 144 valence electrons. The van der Waals surface area contributed by atoms with Gasteiger partial charge in [0.1, 0.15) is 23.6 Å². The first-order valence-electron chi connectivity index (χ1n) is 9.43. The fourth-order valence-electron chi connectivity index (χ4n) is 3.82. The monoisotopic (exact) mass is 369 g/mol. The molecule has 0 aromatic carbocycles. The van der Waals surface area contributed by atoms with Crippen molar-refractivity contribution in [2.24, 2.45) is 0 Å². The molecule has 7 heteroatoms. The van der Waals surface area contributed by atoms with Crippen molar-refractivity contribution in [3.8, 4) is 0 Å². The first kappa shape index (κ1) is 18.1. The van der Waals surface area contributed by atoms with Gasteiger partial charge in [-0.05, 0) is 24.5 Å². The van der Waals surface area contributed by atoms with E-state index in [1.165, 1.54) is 0 Å². The van der Waals surface area contributed by atoms with Crippen LogP contribution in [-0.2, 0) is 16.1 Å². The third-order valence-electron chi connectivity index (χ3n) is 5.24. The van der Waals surface area contributed by atoms with E-state index in [-0.39, 0.29) is 11.7 Å². The van der Waals surface area contributed by atoms with Crippen molar-refractivity contribution < 1.29 is 9.47 Å². The van der Waals surface area contributed by atoms with Gasteiger partial charge < -0.3 is 19.3 Å². The van der Waals surface area contributed by atoms with Crippen LogP contribution < -0.4 is 9.80 Å². The first-order valence-corrected chi connectivity index (χ1v) is 9.43. The van der Waals surface area contributed by atoms with Gasteiger partial charge in [0.15, 0.2) is 0 Å². The smallest absolute Gasteiger partial charge is 0.134 e. The maximum Gasteiger partial charge on any atom is 0.134 e. The van der Waals surface area contributed by atoms with Crippen LogP contribution in [0, 0.1) is 6.92 Å². The van der Waals surface area contributed by atoms with Gasteiger partial charge in [0, 0.05) is 45.6 Å². The first-order chi connectivity index (χ1) is 13.0. The summed E-state index contributed by atoms with van der Waals surface area (Å²) in [5, 5.41) is 0. The van der Waals surface area contributed by atoms with Crippen molar-refractivity contribution in [1.82, 2.24) is 15.0 Å². The highest BCUT2D eigenvalue weighted by atomic mass is 16.5. The lowest BCUT2D eigenvalue weighted by Gasteiger charge is -2.53. The Hall–Kier alpha value is -2.25. The number of hydrogen-bond donors (Lipinski definition) is 0. The third-order valence-corrected chi connectivity index (χ3v) is 5.24. The minimum absolute atomic E-state index is 0.114. The van der Waals surface area contributed by atoms with E-state index in [0.717, 1.165) is 55.3 Å². The second-order valence-corrected chi connectivity index (χ2v) is 7.81. The third kappa shape index (κ3) is 4.04. The van der Waals surface area contributed by atoms with Crippen molar-refractivity contribution in [2.75, 3.05) is 43.6 Å². The predicted octanol–water partition coefficient (Wildman–Crippen LogP) is 2.20. The Morgan fingerprint density at radius 2 is 2.11 bits per heavy atom. The van der Waals surface area contributed by atoms with Crippen molar-refractivity contribution in [2.45, 2.75) is 38.1 Å². The molecule has 0 radical (unpaired) electrons. The summed E-state index contributed by atoms with van der Waals surface area (Å²) < 4.78 is 12.3. The molecule has 1 spiro atoms. The average molecular weight is 369 g/mol. The average Bonchev–Trinajstić information content (AvgIpc) is 2.65. The molecule has 7 nitrogen and oxygen atoms in total. The summed E-state index contributed by atoms with van der Waals surface area (Å²) in [7, 11) is 3.97. The second-order valence-electron chi connectivity index (χ2n) is 7.81. The SMILES string of the molecule is Cc1cncc(COC2CCOC3(C2)CN(c2cc(N(C)C)ncn2)C3)c1. The Labute approximate surface area is 160 Å². The van der Waals surface area contributed by atoms with Gasteiger partial charge in [0.2, 0.25) is 0 Å². The van der Waals surface area contributed by atoms with Crippen LogP contribution >= 0.6 is 0 Å². The molecular formula is C20H27N5O2. The van der Waals surface area contributed by atoms with Crippen LogP contribution in [0.5, 0.6) is 0 Å². The predicted molar refractivity (Wildman–Crippen MR) is 104 cm³/mol. The maximum atomic E-state index is 6.18. The Bertz CT molecular complexity index is 791. The Morgan fingerprint density at radius 1 is 1.26 bits per heavy atom. The molecular weight excluding hydrogens is 342 g/mol. The molecule has 2 aliphatic heterocycles. The molecule has 27 heavy (non-hydrogen) atoms. The molecule has 0 amide bonds. The molecule has 0 saturated carbocycles. The van der Waals surface area contributed by atoms with Crippen LogP contribution in [0.1, 0.15) is 24.0 Å². The van der Waals surface area contributed by atoms with Crippen molar-refractivity contribution in [1.29, 1.82) is 0 Å². The summed E-state index contributed by atoms with van der Waals surface area (Å²) in [5.41, 5.74) is 2.18. The van der Waals surface area contributed by atoms with E-state index >= 15 is 0 Å². The van der Waals surface area contributed by atoms with Gasteiger partial charge in [-0.3, -0.25) is 4.98 Å². The van der Waals surface area contributed by atoms with Crippen molar-refractivity contribution >= 4 is 11.6 Å². The zero-order valence-corrected chi connectivity index (χ0v) is 16.3. The molecule has 2 aliphatic rings. The van der Waals surface area contributed by atoms with Gasteiger partial charge >= 0.3 is 0 Å². The van der Waals surface area contributed by atoms with Crippen LogP contribution in [0.2, 0.25) is 0 Å². The van der Waals surface area contributed by atoms with Crippen LogP contribution in [-0.4, -0.2) is 60.4 Å². The van der Waals surface area contributed by atoms with E-state index in [4.69, 9.17) is 9.47 Å². The number of aromatic nitrogens is 3. The fourth-order valence-corrected chi connectivity index (χ4v) is 3.82. The van der Waals surface area contributed by atoms with Crippen LogP contribution in [0.3, 0.4) is 0 Å². The Balaban J connectivity index is 1.33. The number of nitrogens with zero attached hydrogens (tertiary/aromatic N) is 5. The lowest BCUT2D eigenvalue weighted by Crippen LogP contribution is -2.66. The van der Waals surface area contributed by atoms with Gasteiger partial charge in [-0.1, -0.05) is 6.07 Å². The summed E-state index contributed by atoms with van der Waals surface area (Å²) in [4.78, 5) is 17.2. The highest BCUT2D eigenvalue weighted by Crippen LogP contribution is 2.37. The molecule has 2 fully saturated rings. The van der Waals surface area contributed by atoms with E-state index in [0.29, 0.717) is 6.61 Å². The van der Waals surface area contributed by atoms with E-state index in [1.54, 1.807) is 6.33 Å². The quantitative estimate of drug-likeness (QED) is 0.800. The van der Waals surface area contributed by atoms with Crippen molar-refractivity contribution in [3.63, 3.8) is 0 Å². The number of ether oxygens (including phenoxy) is 2. The minimum Gasteiger partial charge on any atom is -0.373 e. The molecule has 2 aromatic rings. The Morgan fingerprint density at radius 3 is 2.89 bits per heavy atom. The van der Waals surface area contributed by atoms with Crippen LogP contribution in [0.25, 0.3) is 0 Å². The van der Waals surface area contributed by atoms with Crippen LogP contribution in [0.4, 0.5) is 11.6 Å². The molecule has 0 N–H and O–H groups in total. The number of aryl methyl sites for hydroxylation is 1. The van der Waals surface area contributed by atoms with Crippen molar-refractivity contribution in [3.05, 3.63) is 42.0 Å². The van der Waals surface area contributed by atoms with Gasteiger partial charge in [0.05, 0.1) is 25.8 Å². The number of rotatable bonds is 5. The zero-order valence-electron chi connectivity index (χ0n) is 16.3. The summed E-state index contributed by atoms with van der Waals surface area (Å²) >= 11 is 0. The summed E-state index contributed by atoms with van der Waals surface area (Å²) in [5.74, 6) is 1.87. The highest BCUT2D eigenvalue weighted by molar-refractivity contribution is 5.52. The van der Waals surface area contributed by atoms with Crippen LogP contribution in [0.15, 0.2) is 30.9 Å². The number of anilines is 2. The largest absolute Gasteiger partial charge is 0.373 e. The molecule has 4 rings (SSSR count). The zero-order chi connectivity index (χ0) is 18.9. The van der Waals surface area contributed by atoms with E-state index in [1.807, 2.05) is 37.5 Å². The number of hydrogen-bond acceptors (Lipinski definition) is 7. The van der Waals surface area contributed by atoms with Gasteiger partial charge in [0.25, 0.3) is 0 Å². The molecule has 2 aromatic heterocycles. The summed E-state index contributed by atoms with van der Waals surface area (Å²) in [6.45, 7) is 5.11. The lowest BCUT2D eigenvalue weighted by molar-refractivity contribution is -0.148. The summed E-state index contributed by atoms with van der Waals surface area (Å²) in [6.07, 6.45) is 7.46. The number of pyridine rings is 1. The molecule has 0 bridgehead atoms. The fraction of sp³-hybridized carbons (Fsp3) is 0.550. The summed E-state index contributed by atoms with van der Waals surface area (Å²) in [6, 6.07) is 4.15. The molecule has 2 saturated heterocycles. The molecule has 4 heterocycles. The van der Waals surface area contributed by atoms with E-state index in [2.05, 4.69) is 32.8 Å². The topological polar surface area (TPSA) is 63.6 Å². The van der Waals surface area contributed by atoms with E-state index < -0.39 is 0 Å². The maximum absolute atomic E-state index is 6.18. The normalized spacial score (nSPS) is 21.1.